The van der Waals surface area contributed by atoms with E-state index in [2.05, 4.69) is 5.32 Å². The van der Waals surface area contributed by atoms with Crippen LogP contribution in [-0.4, -0.2) is 12.5 Å². The number of amides is 1. The Morgan fingerprint density at radius 3 is 2.68 bits per heavy atom. The molecule has 3 N–H and O–H groups in total. The third-order valence-electron chi connectivity index (χ3n) is 2.57. The lowest BCUT2D eigenvalue weighted by Gasteiger charge is -2.06. The molecule has 0 aliphatic heterocycles. The molecule has 0 saturated carbocycles. The minimum Gasteiger partial charge on any atom is -0.494 e. The fourth-order valence-electron chi connectivity index (χ4n) is 1.63. The third kappa shape index (κ3) is 3.72. The van der Waals surface area contributed by atoms with Gasteiger partial charge in [0.1, 0.15) is 5.75 Å². The van der Waals surface area contributed by atoms with Gasteiger partial charge in [-0.3, -0.25) is 4.79 Å². The molecule has 1 aromatic carbocycles. The molecular formula is C14H16N2O2S. The maximum atomic E-state index is 11.0. The Bertz CT molecular complexity index is 549. The number of carbonyl (C=O) groups excluding carboxylic acids is 1. The molecule has 1 aromatic heterocycles. The molecule has 0 saturated heterocycles. The molecule has 0 bridgehead atoms. The first-order valence-electron chi connectivity index (χ1n) is 6.03. The number of rotatable bonds is 6. The number of anilines is 1. The molecule has 2 aromatic rings. The average molecular weight is 276 g/mol. The van der Waals surface area contributed by atoms with E-state index in [4.69, 9.17) is 10.5 Å². The molecule has 1 heterocycles. The Kier molecular flexibility index (Phi) is 4.41. The highest BCUT2D eigenvalue weighted by Gasteiger charge is 2.04. The predicted molar refractivity (Wildman–Crippen MR) is 77.8 cm³/mol. The Morgan fingerprint density at radius 1 is 1.37 bits per heavy atom. The van der Waals surface area contributed by atoms with Crippen LogP contribution in [0.5, 0.6) is 5.75 Å². The van der Waals surface area contributed by atoms with Gasteiger partial charge in [0.25, 0.3) is 0 Å². The molecule has 0 spiro atoms. The summed E-state index contributed by atoms with van der Waals surface area (Å²) in [7, 11) is 0. The molecule has 19 heavy (non-hydrogen) atoms. The number of primary amides is 1. The normalized spacial score (nSPS) is 10.2. The highest BCUT2D eigenvalue weighted by molar-refractivity contribution is 7.10. The lowest BCUT2D eigenvalue weighted by Crippen LogP contribution is -2.09. The second kappa shape index (κ2) is 6.24. The van der Waals surface area contributed by atoms with E-state index in [-0.39, 0.29) is 5.91 Å². The van der Waals surface area contributed by atoms with Crippen LogP contribution in [0.2, 0.25) is 0 Å². The topological polar surface area (TPSA) is 64.3 Å². The molecule has 1 amide bonds. The number of thiophene rings is 1. The van der Waals surface area contributed by atoms with Crippen LogP contribution < -0.4 is 15.8 Å². The first kappa shape index (κ1) is 13.4. The van der Waals surface area contributed by atoms with E-state index in [9.17, 15) is 4.79 Å². The summed E-state index contributed by atoms with van der Waals surface area (Å²) >= 11 is 1.52. The van der Waals surface area contributed by atoms with E-state index >= 15 is 0 Å². The van der Waals surface area contributed by atoms with Crippen molar-refractivity contribution in [1.29, 1.82) is 0 Å². The first-order chi connectivity index (χ1) is 9.19. The number of carbonyl (C=O) groups is 1. The fourth-order valence-corrected chi connectivity index (χ4v) is 2.44. The van der Waals surface area contributed by atoms with Crippen LogP contribution in [0, 0.1) is 0 Å². The van der Waals surface area contributed by atoms with Crippen LogP contribution in [0.4, 0.5) is 5.69 Å². The molecule has 0 atom stereocenters. The van der Waals surface area contributed by atoms with Crippen molar-refractivity contribution in [2.24, 2.45) is 5.73 Å². The van der Waals surface area contributed by atoms with Crippen molar-refractivity contribution >= 4 is 22.9 Å². The van der Waals surface area contributed by atoms with Crippen molar-refractivity contribution < 1.29 is 9.53 Å². The van der Waals surface area contributed by atoms with Crippen LogP contribution in [0.1, 0.15) is 22.2 Å². The monoisotopic (exact) mass is 276 g/mol. The molecular weight excluding hydrogens is 260 g/mol. The lowest BCUT2D eigenvalue weighted by atomic mass is 10.3. The number of nitrogens with two attached hydrogens (primary N) is 1. The van der Waals surface area contributed by atoms with Crippen LogP contribution in [0.15, 0.2) is 35.7 Å². The van der Waals surface area contributed by atoms with Crippen molar-refractivity contribution in [3.63, 3.8) is 0 Å². The summed E-state index contributed by atoms with van der Waals surface area (Å²) in [6.45, 7) is 3.29. The van der Waals surface area contributed by atoms with Gasteiger partial charge in [0, 0.05) is 22.5 Å². The van der Waals surface area contributed by atoms with E-state index < -0.39 is 0 Å². The van der Waals surface area contributed by atoms with E-state index in [1.165, 1.54) is 11.3 Å². The Labute approximate surface area is 116 Å². The standard InChI is InChI=1S/C14H16N2O2S/c1-2-18-12-5-3-11(4-6-12)16-8-13-7-10(9-19-13)14(15)17/h3-7,9,16H,2,8H2,1H3,(H2,15,17). The van der Waals surface area contributed by atoms with Crippen molar-refractivity contribution in [2.75, 3.05) is 11.9 Å². The molecule has 0 aliphatic rings. The Hall–Kier alpha value is -2.01. The zero-order chi connectivity index (χ0) is 13.7. The van der Waals surface area contributed by atoms with Gasteiger partial charge in [-0.05, 0) is 37.3 Å². The van der Waals surface area contributed by atoms with Gasteiger partial charge in [-0.25, -0.2) is 0 Å². The molecule has 0 unspecified atom stereocenters. The maximum absolute atomic E-state index is 11.0. The van der Waals surface area contributed by atoms with Crippen LogP contribution >= 0.6 is 11.3 Å². The van der Waals surface area contributed by atoms with Gasteiger partial charge in [-0.2, -0.15) is 0 Å². The molecule has 100 valence electrons. The van der Waals surface area contributed by atoms with Crippen molar-refractivity contribution in [3.05, 3.63) is 46.2 Å². The van der Waals surface area contributed by atoms with E-state index in [1.54, 1.807) is 5.38 Å². The Balaban J connectivity index is 1.92. The number of benzene rings is 1. The van der Waals surface area contributed by atoms with Gasteiger partial charge >= 0.3 is 0 Å². The summed E-state index contributed by atoms with van der Waals surface area (Å²) in [4.78, 5) is 12.1. The number of nitrogens with one attached hydrogen (secondary N) is 1. The zero-order valence-electron chi connectivity index (χ0n) is 10.7. The number of hydrogen-bond donors (Lipinski definition) is 2. The smallest absolute Gasteiger partial charge is 0.249 e. The molecule has 0 radical (unpaired) electrons. The van der Waals surface area contributed by atoms with Crippen LogP contribution in [0.3, 0.4) is 0 Å². The zero-order valence-corrected chi connectivity index (χ0v) is 11.5. The van der Waals surface area contributed by atoms with Gasteiger partial charge in [-0.15, -0.1) is 11.3 Å². The van der Waals surface area contributed by atoms with E-state index in [0.29, 0.717) is 18.7 Å². The number of ether oxygens (including phenoxy) is 1. The fraction of sp³-hybridized carbons (Fsp3) is 0.214. The molecule has 0 aliphatic carbocycles. The van der Waals surface area contributed by atoms with Gasteiger partial charge in [0.15, 0.2) is 0 Å². The predicted octanol–water partition coefficient (Wildman–Crippen LogP) is 2.86. The summed E-state index contributed by atoms with van der Waals surface area (Å²) in [5, 5.41) is 5.06. The van der Waals surface area contributed by atoms with Crippen LogP contribution in [0.25, 0.3) is 0 Å². The largest absolute Gasteiger partial charge is 0.494 e. The molecule has 5 heteroatoms. The van der Waals surface area contributed by atoms with Gasteiger partial charge in [0.05, 0.1) is 12.2 Å². The average Bonchev–Trinajstić information content (AvgIpc) is 2.87. The minimum absolute atomic E-state index is 0.386. The minimum atomic E-state index is -0.386. The second-order valence-corrected chi connectivity index (χ2v) is 4.97. The maximum Gasteiger partial charge on any atom is 0.249 e. The first-order valence-corrected chi connectivity index (χ1v) is 6.91. The third-order valence-corrected chi connectivity index (χ3v) is 3.51. The quantitative estimate of drug-likeness (QED) is 0.852. The molecule has 4 nitrogen and oxygen atoms in total. The van der Waals surface area contributed by atoms with Crippen molar-refractivity contribution in [2.45, 2.75) is 13.5 Å². The SMILES string of the molecule is CCOc1ccc(NCc2cc(C(N)=O)cs2)cc1. The highest BCUT2D eigenvalue weighted by Crippen LogP contribution is 2.19. The Morgan fingerprint density at radius 2 is 2.11 bits per heavy atom. The second-order valence-electron chi connectivity index (χ2n) is 3.98. The molecule has 2 rings (SSSR count). The summed E-state index contributed by atoms with van der Waals surface area (Å²) in [6, 6.07) is 9.60. The van der Waals surface area contributed by atoms with E-state index in [0.717, 1.165) is 16.3 Å². The van der Waals surface area contributed by atoms with Gasteiger partial charge in [-0.1, -0.05) is 0 Å². The number of hydrogen-bond acceptors (Lipinski definition) is 4. The molecule has 0 fully saturated rings. The van der Waals surface area contributed by atoms with Gasteiger partial charge < -0.3 is 15.8 Å². The van der Waals surface area contributed by atoms with Gasteiger partial charge in [0.2, 0.25) is 5.91 Å². The highest BCUT2D eigenvalue weighted by atomic mass is 32.1. The van der Waals surface area contributed by atoms with Crippen LogP contribution in [-0.2, 0) is 6.54 Å². The summed E-state index contributed by atoms with van der Waals surface area (Å²) < 4.78 is 5.38. The van der Waals surface area contributed by atoms with E-state index in [1.807, 2.05) is 37.3 Å². The van der Waals surface area contributed by atoms with Crippen molar-refractivity contribution in [3.8, 4) is 5.75 Å². The lowest BCUT2D eigenvalue weighted by molar-refractivity contribution is 0.100. The summed E-state index contributed by atoms with van der Waals surface area (Å²) in [5.74, 6) is 0.476. The van der Waals surface area contributed by atoms with Crippen molar-refractivity contribution in [1.82, 2.24) is 0 Å². The summed E-state index contributed by atoms with van der Waals surface area (Å²) in [6.07, 6.45) is 0. The summed E-state index contributed by atoms with van der Waals surface area (Å²) in [5.41, 5.74) is 6.79.